The molecular weight excluding hydrogens is 140 g/mol. The average Bonchev–Trinajstić information content (AvgIpc) is 1.63. The summed E-state index contributed by atoms with van der Waals surface area (Å²) in [5.74, 6) is 4.79. The molecule has 0 atom stereocenters. The Bertz CT molecular complexity index is 119. The Morgan fingerprint density at radius 1 is 1.60 bits per heavy atom. The second-order valence-corrected chi connectivity index (χ2v) is 1.28. The maximum absolute atomic E-state index is 8.56. The van der Waals surface area contributed by atoms with Crippen molar-refractivity contribution in [2.24, 2.45) is 11.6 Å². The van der Waals surface area contributed by atoms with E-state index in [-0.39, 0.29) is 5.96 Å². The lowest BCUT2D eigenvalue weighted by Crippen LogP contribution is -2.38. The molecule has 7 heteroatoms. The number of rotatable bonds is 0. The Balaban J connectivity index is 0. The number of nitrogens with two attached hydrogens (primary N) is 2. The number of carbonyl (C=O) groups is 1. The Morgan fingerprint density at radius 2 is 1.70 bits per heavy atom. The first-order valence-corrected chi connectivity index (χ1v) is 2.12. The number of hydrogen-bond acceptors (Lipinski definition) is 3. The largest absolute Gasteiger partial charge is 0.503 e. The van der Waals surface area contributed by atoms with Gasteiger partial charge in [0.1, 0.15) is 0 Å². The number of hydrogen-bond donors (Lipinski definition) is 5. The second kappa shape index (κ2) is 5.63. The van der Waals surface area contributed by atoms with Gasteiger partial charge in [-0.25, -0.2) is 10.6 Å². The van der Waals surface area contributed by atoms with E-state index in [1.54, 1.807) is 0 Å². The van der Waals surface area contributed by atoms with E-state index in [1.165, 1.54) is 7.05 Å². The number of nitrogens with zero attached hydrogens (tertiary/aromatic N) is 1. The van der Waals surface area contributed by atoms with E-state index in [0.717, 1.165) is 5.01 Å². The van der Waals surface area contributed by atoms with Crippen molar-refractivity contribution in [3.05, 3.63) is 0 Å². The quantitative estimate of drug-likeness (QED) is 0.129. The van der Waals surface area contributed by atoms with Crippen LogP contribution in [0.1, 0.15) is 0 Å². The third-order valence-electron chi connectivity index (χ3n) is 0.380. The van der Waals surface area contributed by atoms with E-state index in [1.807, 2.05) is 0 Å². The van der Waals surface area contributed by atoms with Crippen LogP contribution in [0, 0.1) is 5.41 Å². The Labute approximate surface area is 57.3 Å². The second-order valence-electron chi connectivity index (χ2n) is 1.28. The zero-order valence-electron chi connectivity index (χ0n) is 5.40. The average molecular weight is 150 g/mol. The lowest BCUT2D eigenvalue weighted by atomic mass is 11.0. The van der Waals surface area contributed by atoms with Gasteiger partial charge in [-0.3, -0.25) is 10.4 Å². The van der Waals surface area contributed by atoms with Crippen molar-refractivity contribution in [2.75, 3.05) is 7.05 Å². The molecule has 7 nitrogen and oxygen atoms in total. The molecule has 0 aromatic carbocycles. The molecule has 0 radical (unpaired) electrons. The van der Waals surface area contributed by atoms with Crippen LogP contribution in [0.3, 0.4) is 0 Å². The summed E-state index contributed by atoms with van der Waals surface area (Å²) in [5, 5.41) is 21.5. The molecule has 0 spiro atoms. The van der Waals surface area contributed by atoms with E-state index in [0.29, 0.717) is 0 Å². The molecule has 60 valence electrons. The number of nitrogens with one attached hydrogen (secondary N) is 1. The monoisotopic (exact) mass is 150 g/mol. The molecule has 0 aliphatic heterocycles. The van der Waals surface area contributed by atoms with E-state index in [2.05, 4.69) is 0 Å². The summed E-state index contributed by atoms with van der Waals surface area (Å²) in [5.41, 5.74) is 4.82. The fraction of sp³-hybridized carbons (Fsp3) is 0.333. The summed E-state index contributed by atoms with van der Waals surface area (Å²) in [6.07, 6.45) is -1.83. The van der Waals surface area contributed by atoms with Crippen LogP contribution in [0.2, 0.25) is 0 Å². The van der Waals surface area contributed by atoms with Gasteiger partial charge in [-0.15, -0.1) is 0 Å². The fourth-order valence-electron chi connectivity index (χ4n) is 0. The molecule has 0 bridgehead atoms. The molecule has 0 saturated carbocycles. The Morgan fingerprint density at radius 3 is 1.70 bits per heavy atom. The standard InChI is InChI=1S/C2H8N4.CH2O3/c1-6(5)2(3)4;2-1(3)4/h5H2,1H3,(H3,3,4);(H2,2,3,4). The summed E-state index contributed by atoms with van der Waals surface area (Å²) < 4.78 is 0. The molecule has 0 saturated heterocycles. The van der Waals surface area contributed by atoms with Crippen LogP contribution in [0.15, 0.2) is 0 Å². The minimum absolute atomic E-state index is 0.130. The van der Waals surface area contributed by atoms with Gasteiger partial charge in [0.05, 0.1) is 0 Å². The minimum Gasteiger partial charge on any atom is -0.450 e. The molecule has 0 heterocycles. The summed E-state index contributed by atoms with van der Waals surface area (Å²) in [7, 11) is 1.50. The van der Waals surface area contributed by atoms with Crippen LogP contribution < -0.4 is 11.6 Å². The van der Waals surface area contributed by atoms with Gasteiger partial charge in [-0.1, -0.05) is 0 Å². The first-order chi connectivity index (χ1) is 4.37. The lowest BCUT2D eigenvalue weighted by Gasteiger charge is -2.05. The summed E-state index contributed by atoms with van der Waals surface area (Å²) in [6.45, 7) is 0. The highest BCUT2D eigenvalue weighted by molar-refractivity contribution is 5.73. The SMILES string of the molecule is CN(N)C(=N)N.O=C(O)O. The molecule has 0 fully saturated rings. The molecule has 7 N–H and O–H groups in total. The van der Waals surface area contributed by atoms with Gasteiger partial charge in [0, 0.05) is 7.05 Å². The lowest BCUT2D eigenvalue weighted by molar-refractivity contribution is 0.137. The molecule has 0 unspecified atom stereocenters. The number of carboxylic acid groups (broad SMARTS) is 2. The third kappa shape index (κ3) is 31.5. The normalized spacial score (nSPS) is 7.00. The van der Waals surface area contributed by atoms with E-state index in [9.17, 15) is 0 Å². The van der Waals surface area contributed by atoms with Crippen molar-refractivity contribution in [3.63, 3.8) is 0 Å². The van der Waals surface area contributed by atoms with Crippen molar-refractivity contribution in [1.29, 1.82) is 5.41 Å². The zero-order valence-corrected chi connectivity index (χ0v) is 5.40. The van der Waals surface area contributed by atoms with Crippen LogP contribution >= 0.6 is 0 Å². The van der Waals surface area contributed by atoms with Crippen molar-refractivity contribution in [2.45, 2.75) is 0 Å². The van der Waals surface area contributed by atoms with Gasteiger partial charge in [0.15, 0.2) is 0 Å². The molecular formula is C3H10N4O3. The smallest absolute Gasteiger partial charge is 0.450 e. The van der Waals surface area contributed by atoms with Crippen LogP contribution in [-0.4, -0.2) is 34.4 Å². The molecule has 0 rings (SSSR count). The summed E-state index contributed by atoms with van der Waals surface area (Å²) in [4.78, 5) is 8.56. The molecule has 0 aromatic heterocycles. The molecule has 0 amide bonds. The summed E-state index contributed by atoms with van der Waals surface area (Å²) >= 11 is 0. The first kappa shape index (κ1) is 11.3. The van der Waals surface area contributed by atoms with Crippen LogP contribution in [-0.2, 0) is 0 Å². The van der Waals surface area contributed by atoms with E-state index >= 15 is 0 Å². The number of guanidine groups is 1. The maximum atomic E-state index is 8.56. The van der Waals surface area contributed by atoms with Gasteiger partial charge in [-0.2, -0.15) is 0 Å². The predicted molar refractivity (Wildman–Crippen MR) is 34.5 cm³/mol. The molecule has 0 aliphatic carbocycles. The van der Waals surface area contributed by atoms with Gasteiger partial charge >= 0.3 is 6.16 Å². The van der Waals surface area contributed by atoms with Crippen LogP contribution in [0.4, 0.5) is 4.79 Å². The highest BCUT2D eigenvalue weighted by Crippen LogP contribution is 1.55. The highest BCUT2D eigenvalue weighted by atomic mass is 16.6. The zero-order chi connectivity index (χ0) is 8.73. The summed E-state index contributed by atoms with van der Waals surface area (Å²) in [6, 6.07) is 0. The minimum atomic E-state index is -1.83. The van der Waals surface area contributed by atoms with Gasteiger partial charge < -0.3 is 15.9 Å². The highest BCUT2D eigenvalue weighted by Gasteiger charge is 1.83. The first-order valence-electron chi connectivity index (χ1n) is 2.12. The Hall–Kier alpha value is -1.50. The fourth-order valence-corrected chi connectivity index (χ4v) is 0. The maximum Gasteiger partial charge on any atom is 0.503 e. The third-order valence-corrected chi connectivity index (χ3v) is 0.380. The molecule has 10 heavy (non-hydrogen) atoms. The predicted octanol–water partition coefficient (Wildman–Crippen LogP) is -1.09. The van der Waals surface area contributed by atoms with Gasteiger partial charge in [0.25, 0.3) is 0 Å². The van der Waals surface area contributed by atoms with Crippen LogP contribution in [0.25, 0.3) is 0 Å². The van der Waals surface area contributed by atoms with Gasteiger partial charge in [0.2, 0.25) is 5.96 Å². The van der Waals surface area contributed by atoms with Gasteiger partial charge in [-0.05, 0) is 0 Å². The molecule has 0 aliphatic rings. The van der Waals surface area contributed by atoms with E-state index < -0.39 is 6.16 Å². The number of hydrazine groups is 1. The van der Waals surface area contributed by atoms with E-state index in [4.69, 9.17) is 32.0 Å². The van der Waals surface area contributed by atoms with Crippen LogP contribution in [0.5, 0.6) is 0 Å². The van der Waals surface area contributed by atoms with Crippen molar-refractivity contribution in [1.82, 2.24) is 5.01 Å². The van der Waals surface area contributed by atoms with Crippen molar-refractivity contribution < 1.29 is 15.0 Å². The topological polar surface area (TPSA) is 137 Å². The van der Waals surface area contributed by atoms with Crippen molar-refractivity contribution >= 4 is 12.1 Å². The van der Waals surface area contributed by atoms with Crippen molar-refractivity contribution in [3.8, 4) is 0 Å². The molecule has 0 aromatic rings. The Kier molecular flexibility index (Phi) is 6.38.